The van der Waals surface area contributed by atoms with Gasteiger partial charge in [-0.3, -0.25) is 0 Å². The molecule has 0 amide bonds. The maximum Gasteiger partial charge on any atom is 0.121 e. The van der Waals surface area contributed by atoms with Crippen molar-refractivity contribution in [3.8, 4) is 0 Å². The average Bonchev–Trinajstić information content (AvgIpc) is 2.40. The summed E-state index contributed by atoms with van der Waals surface area (Å²) in [7, 11) is 0. The van der Waals surface area contributed by atoms with Gasteiger partial charge >= 0.3 is 0 Å². The van der Waals surface area contributed by atoms with E-state index in [0.717, 1.165) is 17.6 Å². The van der Waals surface area contributed by atoms with E-state index in [0.29, 0.717) is 5.25 Å². The molecule has 2 heteroatoms. The predicted molar refractivity (Wildman–Crippen MR) is 43.3 cm³/mol. The predicted octanol–water partition coefficient (Wildman–Crippen LogP) is 1.55. The van der Waals surface area contributed by atoms with E-state index < -0.39 is 11.2 Å². The Kier molecular flexibility index (Phi) is 1.69. The van der Waals surface area contributed by atoms with Gasteiger partial charge in [0, 0.05) is 11.8 Å². The minimum Gasteiger partial charge on any atom is -0.616 e. The molecule has 2 aliphatic rings. The van der Waals surface area contributed by atoms with Gasteiger partial charge in [0.15, 0.2) is 0 Å². The molecule has 1 heterocycles. The van der Waals surface area contributed by atoms with Gasteiger partial charge in [0.1, 0.15) is 11.0 Å². The van der Waals surface area contributed by atoms with Crippen LogP contribution in [0.5, 0.6) is 0 Å². The third-order valence-corrected chi connectivity index (χ3v) is 5.11. The normalized spacial score (nSPS) is 53.4. The topological polar surface area (TPSA) is 23.1 Å². The molecule has 1 saturated heterocycles. The molecule has 1 aliphatic heterocycles. The maximum absolute atomic E-state index is 11.4. The van der Waals surface area contributed by atoms with Gasteiger partial charge in [0.25, 0.3) is 0 Å². The van der Waals surface area contributed by atoms with E-state index in [4.69, 9.17) is 0 Å². The summed E-state index contributed by atoms with van der Waals surface area (Å²) >= 11 is -0.458. The highest BCUT2D eigenvalue weighted by Gasteiger charge is 2.46. The van der Waals surface area contributed by atoms with Gasteiger partial charge in [-0.15, -0.1) is 0 Å². The first-order valence-electron chi connectivity index (χ1n) is 4.16. The van der Waals surface area contributed by atoms with Crippen LogP contribution in [0, 0.1) is 11.8 Å². The van der Waals surface area contributed by atoms with Crippen LogP contribution in [0.15, 0.2) is 0 Å². The Balaban J connectivity index is 2.11. The molecule has 0 radical (unpaired) electrons. The van der Waals surface area contributed by atoms with Crippen molar-refractivity contribution < 1.29 is 4.55 Å². The molecule has 0 N–H and O–H groups in total. The Morgan fingerprint density at radius 1 is 1.30 bits per heavy atom. The summed E-state index contributed by atoms with van der Waals surface area (Å²) in [5.74, 6) is 2.56. The van der Waals surface area contributed by atoms with Gasteiger partial charge in [-0.2, -0.15) is 0 Å². The molecule has 1 aliphatic carbocycles. The second-order valence-corrected chi connectivity index (χ2v) is 5.37. The van der Waals surface area contributed by atoms with Crippen molar-refractivity contribution in [1.29, 1.82) is 0 Å². The molecular weight excluding hydrogens is 144 g/mol. The van der Waals surface area contributed by atoms with Crippen LogP contribution in [0.3, 0.4) is 0 Å². The standard InChI is InChI=1S/C8H14OS/c1-6-2-3-7-4-5-10(9)8(6)7/h6-8H,2-5H2,1H3. The molecule has 0 aromatic rings. The van der Waals surface area contributed by atoms with Gasteiger partial charge in [-0.25, -0.2) is 0 Å². The van der Waals surface area contributed by atoms with Crippen molar-refractivity contribution in [2.45, 2.75) is 31.4 Å². The van der Waals surface area contributed by atoms with Crippen LogP contribution in [0.25, 0.3) is 0 Å². The van der Waals surface area contributed by atoms with Crippen LogP contribution < -0.4 is 0 Å². The lowest BCUT2D eigenvalue weighted by Gasteiger charge is -2.16. The molecule has 0 spiro atoms. The first-order chi connectivity index (χ1) is 4.79. The molecule has 58 valence electrons. The summed E-state index contributed by atoms with van der Waals surface area (Å²) in [5, 5.41) is 0.583. The first-order valence-corrected chi connectivity index (χ1v) is 5.54. The number of fused-ring (bicyclic) bond motifs is 1. The van der Waals surface area contributed by atoms with Crippen LogP contribution in [0.1, 0.15) is 26.2 Å². The van der Waals surface area contributed by atoms with E-state index in [1.165, 1.54) is 19.3 Å². The largest absolute Gasteiger partial charge is 0.616 e. The maximum atomic E-state index is 11.4. The zero-order valence-electron chi connectivity index (χ0n) is 6.38. The molecule has 1 saturated carbocycles. The lowest BCUT2D eigenvalue weighted by Crippen LogP contribution is -2.23. The van der Waals surface area contributed by atoms with E-state index in [2.05, 4.69) is 6.92 Å². The highest BCUT2D eigenvalue weighted by molar-refractivity contribution is 7.92. The second-order valence-electron chi connectivity index (χ2n) is 3.65. The van der Waals surface area contributed by atoms with Gasteiger partial charge < -0.3 is 4.55 Å². The molecule has 4 atom stereocenters. The van der Waals surface area contributed by atoms with E-state index >= 15 is 0 Å². The summed E-state index contributed by atoms with van der Waals surface area (Å²) in [6.07, 6.45) is 3.90. The van der Waals surface area contributed by atoms with E-state index in [1.807, 2.05) is 0 Å². The fourth-order valence-corrected chi connectivity index (χ4v) is 4.62. The second kappa shape index (κ2) is 2.42. The van der Waals surface area contributed by atoms with Crippen LogP contribution in [0.4, 0.5) is 0 Å². The van der Waals surface area contributed by atoms with Crippen molar-refractivity contribution in [2.24, 2.45) is 11.8 Å². The van der Waals surface area contributed by atoms with Crippen molar-refractivity contribution in [3.05, 3.63) is 0 Å². The molecule has 4 unspecified atom stereocenters. The van der Waals surface area contributed by atoms with Crippen LogP contribution in [0.2, 0.25) is 0 Å². The summed E-state index contributed by atoms with van der Waals surface area (Å²) in [6, 6.07) is 0. The van der Waals surface area contributed by atoms with Crippen molar-refractivity contribution in [2.75, 3.05) is 5.75 Å². The van der Waals surface area contributed by atoms with Crippen molar-refractivity contribution >= 4 is 11.2 Å². The summed E-state index contributed by atoms with van der Waals surface area (Å²) in [4.78, 5) is 0. The Bertz CT molecular complexity index is 123. The Morgan fingerprint density at radius 2 is 2.10 bits per heavy atom. The van der Waals surface area contributed by atoms with E-state index in [1.54, 1.807) is 0 Å². The molecular formula is C8H14OS. The fraction of sp³-hybridized carbons (Fsp3) is 1.00. The van der Waals surface area contributed by atoms with Crippen molar-refractivity contribution in [1.82, 2.24) is 0 Å². The Hall–Kier alpha value is 0.310. The molecule has 0 bridgehead atoms. The highest BCUT2D eigenvalue weighted by atomic mass is 32.2. The summed E-state index contributed by atoms with van der Waals surface area (Å²) in [6.45, 7) is 2.26. The molecule has 10 heavy (non-hydrogen) atoms. The van der Waals surface area contributed by atoms with E-state index in [-0.39, 0.29) is 0 Å². The first kappa shape index (κ1) is 6.99. The SMILES string of the molecule is CC1CCC2CC[S+]([O-])C12. The molecule has 2 rings (SSSR count). The van der Waals surface area contributed by atoms with Gasteiger partial charge in [0.05, 0.1) is 0 Å². The fourth-order valence-electron chi connectivity index (χ4n) is 2.46. The zero-order valence-corrected chi connectivity index (χ0v) is 7.19. The van der Waals surface area contributed by atoms with Crippen LogP contribution in [-0.4, -0.2) is 15.6 Å². The number of hydrogen-bond donors (Lipinski definition) is 0. The highest BCUT2D eigenvalue weighted by Crippen LogP contribution is 2.43. The smallest absolute Gasteiger partial charge is 0.121 e. The quantitative estimate of drug-likeness (QED) is 0.491. The third-order valence-electron chi connectivity index (χ3n) is 3.01. The molecule has 2 fully saturated rings. The molecule has 0 aromatic carbocycles. The number of hydrogen-bond acceptors (Lipinski definition) is 1. The minimum atomic E-state index is -0.458. The van der Waals surface area contributed by atoms with Gasteiger partial charge in [-0.1, -0.05) is 18.1 Å². The minimum absolute atomic E-state index is 0.458. The van der Waals surface area contributed by atoms with Crippen LogP contribution >= 0.6 is 0 Å². The Morgan fingerprint density at radius 3 is 2.80 bits per heavy atom. The van der Waals surface area contributed by atoms with Gasteiger partial charge in [0.2, 0.25) is 0 Å². The summed E-state index contributed by atoms with van der Waals surface area (Å²) in [5.41, 5.74) is 0. The number of rotatable bonds is 0. The van der Waals surface area contributed by atoms with Crippen molar-refractivity contribution in [3.63, 3.8) is 0 Å². The monoisotopic (exact) mass is 158 g/mol. The van der Waals surface area contributed by atoms with Gasteiger partial charge in [-0.05, 0) is 19.3 Å². The van der Waals surface area contributed by atoms with E-state index in [9.17, 15) is 4.55 Å². The Labute approximate surface area is 65.4 Å². The average molecular weight is 158 g/mol. The zero-order chi connectivity index (χ0) is 7.14. The molecule has 0 aromatic heterocycles. The van der Waals surface area contributed by atoms with Crippen LogP contribution in [-0.2, 0) is 11.2 Å². The molecule has 1 nitrogen and oxygen atoms in total. The summed E-state index contributed by atoms with van der Waals surface area (Å²) < 4.78 is 11.4. The third kappa shape index (κ3) is 0.892. The lowest BCUT2D eigenvalue weighted by molar-refractivity contribution is 0.519. The lowest BCUT2D eigenvalue weighted by atomic mass is 10.0.